The summed E-state index contributed by atoms with van der Waals surface area (Å²) in [5, 5.41) is 3.37. The van der Waals surface area contributed by atoms with Gasteiger partial charge in [-0.15, -0.1) is 0 Å². The zero-order valence-corrected chi connectivity index (χ0v) is 11.7. The van der Waals surface area contributed by atoms with E-state index < -0.39 is 0 Å². The number of benzene rings is 1. The van der Waals surface area contributed by atoms with Crippen LogP contribution in [0.4, 0.5) is 0 Å². The predicted molar refractivity (Wildman–Crippen MR) is 73.5 cm³/mol. The van der Waals surface area contributed by atoms with Gasteiger partial charge in [0.15, 0.2) is 0 Å². The van der Waals surface area contributed by atoms with Crippen molar-refractivity contribution >= 4 is 0 Å². The molecule has 0 aromatic heterocycles. The molecule has 0 saturated heterocycles. The largest absolute Gasteiger partial charge is 0.491 e. The van der Waals surface area contributed by atoms with Crippen LogP contribution in [0.25, 0.3) is 0 Å². The average Bonchev–Trinajstić information content (AvgIpc) is 2.25. The molecular weight excluding hydrogens is 210 g/mol. The second-order valence-corrected chi connectivity index (χ2v) is 5.21. The Labute approximate surface area is 105 Å². The molecule has 1 unspecified atom stereocenters. The van der Waals surface area contributed by atoms with E-state index >= 15 is 0 Å². The third kappa shape index (κ3) is 4.78. The van der Waals surface area contributed by atoms with Gasteiger partial charge in [0, 0.05) is 6.04 Å². The quantitative estimate of drug-likeness (QED) is 0.810. The van der Waals surface area contributed by atoms with Crippen LogP contribution in [0.1, 0.15) is 45.7 Å². The summed E-state index contributed by atoms with van der Waals surface area (Å²) in [5.74, 6) is 1.64. The molecule has 2 heteroatoms. The summed E-state index contributed by atoms with van der Waals surface area (Å²) in [5.41, 5.74) is 1.30. The highest BCUT2D eigenvalue weighted by Gasteiger charge is 2.12. The lowest BCUT2D eigenvalue weighted by molar-refractivity contribution is 0.242. The molecule has 1 N–H and O–H groups in total. The van der Waals surface area contributed by atoms with Gasteiger partial charge in [-0.2, -0.15) is 0 Å². The Kier molecular flexibility index (Phi) is 5.49. The fraction of sp³-hybridized carbons (Fsp3) is 0.600. The maximum absolute atomic E-state index is 5.73. The minimum Gasteiger partial charge on any atom is -0.491 e. The average molecular weight is 235 g/mol. The molecule has 0 bridgehead atoms. The Morgan fingerprint density at radius 2 is 1.88 bits per heavy atom. The van der Waals surface area contributed by atoms with Crippen molar-refractivity contribution in [3.63, 3.8) is 0 Å². The summed E-state index contributed by atoms with van der Waals surface area (Å²) < 4.78 is 5.73. The van der Waals surface area contributed by atoms with Crippen molar-refractivity contribution in [2.75, 3.05) is 7.05 Å². The highest BCUT2D eigenvalue weighted by molar-refractivity contribution is 5.30. The maximum atomic E-state index is 5.73. The van der Waals surface area contributed by atoms with Crippen molar-refractivity contribution in [1.29, 1.82) is 0 Å². The van der Waals surface area contributed by atoms with E-state index in [-0.39, 0.29) is 6.10 Å². The minimum atomic E-state index is 0.225. The molecule has 0 heterocycles. The monoisotopic (exact) mass is 235 g/mol. The van der Waals surface area contributed by atoms with Crippen molar-refractivity contribution in [2.45, 2.75) is 46.3 Å². The van der Waals surface area contributed by atoms with Crippen molar-refractivity contribution in [1.82, 2.24) is 5.32 Å². The Hall–Kier alpha value is -1.02. The third-order valence-electron chi connectivity index (χ3n) is 2.69. The number of nitrogens with one attached hydrogen (secondary N) is 1. The molecule has 0 spiro atoms. The molecule has 96 valence electrons. The molecule has 1 rings (SSSR count). The van der Waals surface area contributed by atoms with E-state index in [1.165, 1.54) is 5.56 Å². The summed E-state index contributed by atoms with van der Waals surface area (Å²) >= 11 is 0. The molecule has 17 heavy (non-hydrogen) atoms. The van der Waals surface area contributed by atoms with E-state index in [1.54, 1.807) is 0 Å². The summed E-state index contributed by atoms with van der Waals surface area (Å²) in [6.07, 6.45) is 1.37. The second-order valence-electron chi connectivity index (χ2n) is 5.21. The lowest BCUT2D eigenvalue weighted by atomic mass is 9.97. The zero-order valence-electron chi connectivity index (χ0n) is 11.7. The predicted octanol–water partition coefficient (Wildman–Crippen LogP) is 3.78. The number of hydrogen-bond acceptors (Lipinski definition) is 2. The molecule has 0 saturated carbocycles. The Morgan fingerprint density at radius 1 is 1.18 bits per heavy atom. The molecule has 0 aliphatic carbocycles. The molecule has 0 amide bonds. The van der Waals surface area contributed by atoms with Crippen LogP contribution >= 0.6 is 0 Å². The molecular formula is C15H25NO. The zero-order chi connectivity index (χ0) is 12.8. The topological polar surface area (TPSA) is 21.3 Å². The third-order valence-corrected chi connectivity index (χ3v) is 2.69. The Bertz CT molecular complexity index is 333. The van der Waals surface area contributed by atoms with E-state index in [4.69, 9.17) is 4.74 Å². The van der Waals surface area contributed by atoms with E-state index in [1.807, 2.05) is 13.1 Å². The van der Waals surface area contributed by atoms with Crippen LogP contribution in [0.5, 0.6) is 5.75 Å². The van der Waals surface area contributed by atoms with Crippen LogP contribution in [-0.2, 0) is 0 Å². The van der Waals surface area contributed by atoms with Crippen LogP contribution in [0.15, 0.2) is 24.3 Å². The minimum absolute atomic E-state index is 0.225. The molecule has 1 atom stereocenters. The van der Waals surface area contributed by atoms with Gasteiger partial charge < -0.3 is 10.1 Å². The lowest BCUT2D eigenvalue weighted by Crippen LogP contribution is -2.18. The molecule has 1 aromatic rings. The summed E-state index contributed by atoms with van der Waals surface area (Å²) in [6, 6.07) is 8.80. The van der Waals surface area contributed by atoms with Gasteiger partial charge in [-0.05, 0) is 50.9 Å². The summed E-state index contributed by atoms with van der Waals surface area (Å²) in [7, 11) is 2.02. The SMILES string of the molecule is CNC(CC(C)C)c1cccc(OC(C)C)c1. The fourth-order valence-electron chi connectivity index (χ4n) is 1.97. The molecule has 0 aliphatic heterocycles. The van der Waals surface area contributed by atoms with Crippen LogP contribution in [0, 0.1) is 5.92 Å². The van der Waals surface area contributed by atoms with Gasteiger partial charge >= 0.3 is 0 Å². The van der Waals surface area contributed by atoms with Crippen LogP contribution < -0.4 is 10.1 Å². The van der Waals surface area contributed by atoms with Crippen molar-refractivity contribution < 1.29 is 4.74 Å². The molecule has 2 nitrogen and oxygen atoms in total. The fourth-order valence-corrected chi connectivity index (χ4v) is 1.97. The molecule has 0 radical (unpaired) electrons. The van der Waals surface area contributed by atoms with Gasteiger partial charge in [-0.1, -0.05) is 26.0 Å². The van der Waals surface area contributed by atoms with Gasteiger partial charge in [-0.25, -0.2) is 0 Å². The first-order valence-electron chi connectivity index (χ1n) is 6.46. The lowest BCUT2D eigenvalue weighted by Gasteiger charge is -2.20. The van der Waals surface area contributed by atoms with E-state index in [0.29, 0.717) is 12.0 Å². The van der Waals surface area contributed by atoms with E-state index in [2.05, 4.69) is 51.2 Å². The van der Waals surface area contributed by atoms with Gasteiger partial charge in [0.2, 0.25) is 0 Å². The smallest absolute Gasteiger partial charge is 0.120 e. The first-order valence-corrected chi connectivity index (χ1v) is 6.46. The summed E-state index contributed by atoms with van der Waals surface area (Å²) in [6.45, 7) is 8.60. The van der Waals surface area contributed by atoms with Crippen molar-refractivity contribution in [2.24, 2.45) is 5.92 Å². The first-order chi connectivity index (χ1) is 8.02. The van der Waals surface area contributed by atoms with Crippen LogP contribution in [0.2, 0.25) is 0 Å². The molecule has 0 aliphatic rings. The normalized spacial score (nSPS) is 13.1. The van der Waals surface area contributed by atoms with Gasteiger partial charge in [0.05, 0.1) is 6.10 Å². The molecule has 0 fully saturated rings. The van der Waals surface area contributed by atoms with Crippen LogP contribution in [0.3, 0.4) is 0 Å². The standard InChI is InChI=1S/C15H25NO/c1-11(2)9-15(16-5)13-7-6-8-14(10-13)17-12(3)4/h6-8,10-12,15-16H,9H2,1-5H3. The van der Waals surface area contributed by atoms with Gasteiger partial charge in [0.25, 0.3) is 0 Å². The van der Waals surface area contributed by atoms with Crippen molar-refractivity contribution in [3.8, 4) is 5.75 Å². The van der Waals surface area contributed by atoms with E-state index in [0.717, 1.165) is 12.2 Å². The van der Waals surface area contributed by atoms with Crippen LogP contribution in [-0.4, -0.2) is 13.2 Å². The summed E-state index contributed by atoms with van der Waals surface area (Å²) in [4.78, 5) is 0. The van der Waals surface area contributed by atoms with Gasteiger partial charge in [-0.3, -0.25) is 0 Å². The Balaban J connectivity index is 2.81. The number of hydrogen-bond donors (Lipinski definition) is 1. The first kappa shape index (κ1) is 14.0. The van der Waals surface area contributed by atoms with E-state index in [9.17, 15) is 0 Å². The highest BCUT2D eigenvalue weighted by atomic mass is 16.5. The van der Waals surface area contributed by atoms with Crippen molar-refractivity contribution in [3.05, 3.63) is 29.8 Å². The Morgan fingerprint density at radius 3 is 2.41 bits per heavy atom. The van der Waals surface area contributed by atoms with Gasteiger partial charge in [0.1, 0.15) is 5.75 Å². The second kappa shape index (κ2) is 6.65. The highest BCUT2D eigenvalue weighted by Crippen LogP contribution is 2.24. The number of ether oxygens (including phenoxy) is 1. The molecule has 1 aromatic carbocycles. The maximum Gasteiger partial charge on any atom is 0.120 e. The number of rotatable bonds is 6.